The zero-order chi connectivity index (χ0) is 19.4. The second kappa shape index (κ2) is 8.03. The summed E-state index contributed by atoms with van der Waals surface area (Å²) in [6.45, 7) is 5.91. The molecule has 0 aliphatic heterocycles. The van der Waals surface area contributed by atoms with Crippen LogP contribution in [0.5, 0.6) is 5.75 Å². The molecular weight excluding hydrogens is 342 g/mol. The highest BCUT2D eigenvalue weighted by Gasteiger charge is 2.25. The minimum absolute atomic E-state index is 0.0853. The molecule has 0 radical (unpaired) electrons. The van der Waals surface area contributed by atoms with Gasteiger partial charge in [0.25, 0.3) is 5.91 Å². The average molecular weight is 365 g/mol. The fourth-order valence-corrected chi connectivity index (χ4v) is 2.78. The summed E-state index contributed by atoms with van der Waals surface area (Å²) >= 11 is 0. The third kappa shape index (κ3) is 4.16. The van der Waals surface area contributed by atoms with E-state index in [0.717, 1.165) is 16.9 Å². The first kappa shape index (κ1) is 18.6. The molecule has 3 aromatic rings. The van der Waals surface area contributed by atoms with Crippen molar-refractivity contribution in [3.8, 4) is 17.1 Å². The molecule has 6 heteroatoms. The Labute approximate surface area is 158 Å². The van der Waals surface area contributed by atoms with E-state index in [0.29, 0.717) is 17.3 Å². The number of rotatable bonds is 6. The van der Waals surface area contributed by atoms with E-state index in [2.05, 4.69) is 15.5 Å². The number of nitrogens with zero attached hydrogens (tertiary/aromatic N) is 2. The molecule has 0 unspecified atom stereocenters. The van der Waals surface area contributed by atoms with Crippen molar-refractivity contribution < 1.29 is 14.1 Å². The molecule has 1 atom stereocenters. The largest absolute Gasteiger partial charge is 0.497 e. The fraction of sp³-hybridized carbons (Fsp3) is 0.286. The lowest BCUT2D eigenvalue weighted by Gasteiger charge is -2.19. The van der Waals surface area contributed by atoms with Crippen molar-refractivity contribution in [2.75, 3.05) is 7.11 Å². The summed E-state index contributed by atoms with van der Waals surface area (Å²) < 4.78 is 10.6. The summed E-state index contributed by atoms with van der Waals surface area (Å²) in [6.07, 6.45) is 0. The van der Waals surface area contributed by atoms with Crippen molar-refractivity contribution in [2.45, 2.75) is 26.8 Å². The minimum Gasteiger partial charge on any atom is -0.497 e. The van der Waals surface area contributed by atoms with E-state index in [1.165, 1.54) is 0 Å². The first-order valence-electron chi connectivity index (χ1n) is 8.84. The van der Waals surface area contributed by atoms with Crippen LogP contribution >= 0.6 is 0 Å². The molecule has 1 aromatic heterocycles. The first-order chi connectivity index (χ1) is 13.0. The van der Waals surface area contributed by atoms with Crippen molar-refractivity contribution in [1.82, 2.24) is 15.5 Å². The third-order valence-corrected chi connectivity index (χ3v) is 4.40. The number of aryl methyl sites for hydroxylation is 1. The Bertz CT molecular complexity index is 916. The van der Waals surface area contributed by atoms with E-state index < -0.39 is 0 Å². The number of aromatic nitrogens is 2. The summed E-state index contributed by atoms with van der Waals surface area (Å²) in [5.74, 6) is 1.55. The molecule has 0 spiro atoms. The molecule has 0 saturated carbocycles. The number of amides is 1. The van der Waals surface area contributed by atoms with Crippen molar-refractivity contribution in [2.24, 2.45) is 5.92 Å². The Morgan fingerprint density at radius 1 is 1.11 bits per heavy atom. The van der Waals surface area contributed by atoms with Crippen LogP contribution in [0.4, 0.5) is 0 Å². The van der Waals surface area contributed by atoms with Crippen molar-refractivity contribution >= 4 is 5.91 Å². The quantitative estimate of drug-likeness (QED) is 0.709. The molecule has 6 nitrogen and oxygen atoms in total. The van der Waals surface area contributed by atoms with Crippen LogP contribution in [0.3, 0.4) is 0 Å². The van der Waals surface area contributed by atoms with Crippen LogP contribution in [0, 0.1) is 12.8 Å². The number of nitrogens with one attached hydrogen (secondary N) is 1. The highest BCUT2D eigenvalue weighted by molar-refractivity contribution is 5.95. The molecular formula is C21H23N3O3. The average Bonchev–Trinajstić information content (AvgIpc) is 3.16. The predicted molar refractivity (Wildman–Crippen MR) is 103 cm³/mol. The van der Waals surface area contributed by atoms with Crippen LogP contribution in [-0.2, 0) is 0 Å². The van der Waals surface area contributed by atoms with Crippen LogP contribution in [0.25, 0.3) is 11.4 Å². The van der Waals surface area contributed by atoms with Gasteiger partial charge in [-0.3, -0.25) is 4.79 Å². The van der Waals surface area contributed by atoms with Gasteiger partial charge in [0.1, 0.15) is 11.8 Å². The van der Waals surface area contributed by atoms with Gasteiger partial charge in [-0.15, -0.1) is 0 Å². The summed E-state index contributed by atoms with van der Waals surface area (Å²) in [5.41, 5.74) is 2.37. The van der Waals surface area contributed by atoms with Crippen LogP contribution in [0.1, 0.15) is 41.7 Å². The Kier molecular flexibility index (Phi) is 5.54. The maximum Gasteiger partial charge on any atom is 0.252 e. The Balaban J connectivity index is 1.82. The maximum atomic E-state index is 12.7. The van der Waals surface area contributed by atoms with Crippen LogP contribution in [0.2, 0.25) is 0 Å². The molecule has 140 valence electrons. The molecule has 0 fully saturated rings. The number of carbonyl (C=O) groups is 1. The maximum absolute atomic E-state index is 12.7. The molecule has 1 amide bonds. The lowest BCUT2D eigenvalue weighted by molar-refractivity contribution is 0.0913. The highest BCUT2D eigenvalue weighted by Crippen LogP contribution is 2.25. The van der Waals surface area contributed by atoms with E-state index in [1.807, 2.05) is 63.2 Å². The monoisotopic (exact) mass is 365 g/mol. The molecule has 0 bridgehead atoms. The van der Waals surface area contributed by atoms with Gasteiger partial charge in [0, 0.05) is 11.1 Å². The smallest absolute Gasteiger partial charge is 0.252 e. The SMILES string of the molecule is COc1ccc(-c2noc([C@@H](NC(=O)c3ccccc3C)C(C)C)n2)cc1. The molecule has 3 rings (SSSR count). The van der Waals surface area contributed by atoms with Gasteiger partial charge in [0.05, 0.1) is 7.11 Å². The van der Waals surface area contributed by atoms with Crippen LogP contribution < -0.4 is 10.1 Å². The van der Waals surface area contributed by atoms with Crippen molar-refractivity contribution in [3.63, 3.8) is 0 Å². The molecule has 2 aromatic carbocycles. The van der Waals surface area contributed by atoms with Crippen molar-refractivity contribution in [3.05, 3.63) is 65.5 Å². The van der Waals surface area contributed by atoms with Gasteiger partial charge >= 0.3 is 0 Å². The van der Waals surface area contributed by atoms with Gasteiger partial charge in [-0.25, -0.2) is 0 Å². The molecule has 1 heterocycles. The number of ether oxygens (including phenoxy) is 1. The summed E-state index contributed by atoms with van der Waals surface area (Å²) in [7, 11) is 1.62. The van der Waals surface area contributed by atoms with E-state index in [9.17, 15) is 4.79 Å². The van der Waals surface area contributed by atoms with Crippen molar-refractivity contribution in [1.29, 1.82) is 0 Å². The molecule has 0 aliphatic carbocycles. The van der Waals surface area contributed by atoms with Gasteiger partial charge in [-0.05, 0) is 48.7 Å². The third-order valence-electron chi connectivity index (χ3n) is 4.40. The Hall–Kier alpha value is -3.15. The highest BCUT2D eigenvalue weighted by atomic mass is 16.5. The Morgan fingerprint density at radius 3 is 2.44 bits per heavy atom. The second-order valence-corrected chi connectivity index (χ2v) is 6.69. The Morgan fingerprint density at radius 2 is 1.81 bits per heavy atom. The summed E-state index contributed by atoms with van der Waals surface area (Å²) in [5, 5.41) is 7.08. The van der Waals surface area contributed by atoms with Gasteiger partial charge in [-0.1, -0.05) is 37.2 Å². The lowest BCUT2D eigenvalue weighted by atomic mass is 10.0. The van der Waals surface area contributed by atoms with E-state index >= 15 is 0 Å². The van der Waals surface area contributed by atoms with Crippen LogP contribution in [-0.4, -0.2) is 23.2 Å². The number of methoxy groups -OCH3 is 1. The van der Waals surface area contributed by atoms with E-state index in [-0.39, 0.29) is 17.9 Å². The van der Waals surface area contributed by atoms with E-state index in [1.54, 1.807) is 13.2 Å². The molecule has 1 N–H and O–H groups in total. The van der Waals surface area contributed by atoms with Gasteiger partial charge in [0.2, 0.25) is 11.7 Å². The van der Waals surface area contributed by atoms with Gasteiger partial charge in [0.15, 0.2) is 0 Å². The number of hydrogen-bond donors (Lipinski definition) is 1. The standard InChI is InChI=1S/C21H23N3O3/c1-13(2)18(22-20(25)17-8-6-5-7-14(17)3)21-23-19(24-27-21)15-9-11-16(26-4)12-10-15/h5-13,18H,1-4H3,(H,22,25)/t18-/m0/s1. The summed E-state index contributed by atoms with van der Waals surface area (Å²) in [4.78, 5) is 17.2. The van der Waals surface area contributed by atoms with Gasteiger partial charge < -0.3 is 14.6 Å². The summed E-state index contributed by atoms with van der Waals surface area (Å²) in [6, 6.07) is 14.5. The first-order valence-corrected chi connectivity index (χ1v) is 8.84. The fourth-order valence-electron chi connectivity index (χ4n) is 2.78. The minimum atomic E-state index is -0.378. The van der Waals surface area contributed by atoms with Gasteiger partial charge in [-0.2, -0.15) is 4.98 Å². The second-order valence-electron chi connectivity index (χ2n) is 6.69. The zero-order valence-corrected chi connectivity index (χ0v) is 15.9. The normalized spacial score (nSPS) is 12.0. The molecule has 0 saturated heterocycles. The topological polar surface area (TPSA) is 77.3 Å². The molecule has 0 aliphatic rings. The van der Waals surface area contributed by atoms with E-state index in [4.69, 9.17) is 9.26 Å². The predicted octanol–water partition coefficient (Wildman–Crippen LogP) is 4.18. The molecule has 27 heavy (non-hydrogen) atoms. The number of carbonyl (C=O) groups excluding carboxylic acids is 1. The number of benzene rings is 2. The lowest BCUT2D eigenvalue weighted by Crippen LogP contribution is -2.32. The zero-order valence-electron chi connectivity index (χ0n) is 15.9. The number of hydrogen-bond acceptors (Lipinski definition) is 5. The van der Waals surface area contributed by atoms with Crippen LogP contribution in [0.15, 0.2) is 53.1 Å².